The predicted octanol–water partition coefficient (Wildman–Crippen LogP) is 5.12. The van der Waals surface area contributed by atoms with Gasteiger partial charge in [0.15, 0.2) is 0 Å². The summed E-state index contributed by atoms with van der Waals surface area (Å²) in [5, 5.41) is 4.42. The highest BCUT2D eigenvalue weighted by atomic mass is 15.3. The molecule has 1 aliphatic heterocycles. The molecule has 0 spiro atoms. The molecule has 0 aromatic rings. The van der Waals surface area contributed by atoms with E-state index < -0.39 is 0 Å². The fourth-order valence-corrected chi connectivity index (χ4v) is 3.67. The highest BCUT2D eigenvalue weighted by Gasteiger charge is 2.32. The van der Waals surface area contributed by atoms with Gasteiger partial charge in [-0.2, -0.15) is 5.10 Å². The van der Waals surface area contributed by atoms with Crippen molar-refractivity contribution in [1.29, 1.82) is 0 Å². The maximum atomic E-state index is 4.42. The van der Waals surface area contributed by atoms with Crippen molar-refractivity contribution in [3.63, 3.8) is 0 Å². The van der Waals surface area contributed by atoms with E-state index in [1.54, 1.807) is 5.57 Å². The Balaban J connectivity index is 2.24. The molecule has 1 saturated carbocycles. The topological polar surface area (TPSA) is 24.4 Å². The average Bonchev–Trinajstić information content (AvgIpc) is 2.26. The molecule has 2 unspecified atom stereocenters. The highest BCUT2D eigenvalue weighted by Crippen LogP contribution is 2.42. The molecule has 0 aromatic heterocycles. The lowest BCUT2D eigenvalue weighted by Gasteiger charge is -2.37. The molecule has 1 heterocycles. The fourth-order valence-electron chi connectivity index (χ4n) is 3.67. The van der Waals surface area contributed by atoms with Crippen LogP contribution in [0.2, 0.25) is 0 Å². The van der Waals surface area contributed by atoms with Gasteiger partial charge in [-0.05, 0) is 42.6 Å². The number of hydrazone groups is 1. The molecule has 114 valence electrons. The number of fused-ring (bicyclic) bond motifs is 1. The molecule has 20 heavy (non-hydrogen) atoms. The molecule has 0 saturated heterocycles. The normalized spacial score (nSPS) is 28.5. The Labute approximate surface area is 125 Å². The number of allylic oxidation sites excluding steroid dienone is 2. The van der Waals surface area contributed by atoms with Crippen LogP contribution in [0.1, 0.15) is 73.6 Å². The van der Waals surface area contributed by atoms with Gasteiger partial charge in [-0.25, -0.2) is 0 Å². The molecule has 1 fully saturated rings. The summed E-state index contributed by atoms with van der Waals surface area (Å²) in [6.45, 7) is 14.1. The number of nitrogens with zero attached hydrogens (tertiary/aromatic N) is 1. The second-order valence-electron chi connectivity index (χ2n) is 8.68. The van der Waals surface area contributed by atoms with E-state index in [0.717, 1.165) is 5.92 Å². The second kappa shape index (κ2) is 5.54. The van der Waals surface area contributed by atoms with Gasteiger partial charge in [0.1, 0.15) is 0 Å². The summed E-state index contributed by atoms with van der Waals surface area (Å²) >= 11 is 0. The molecule has 0 aromatic carbocycles. The van der Waals surface area contributed by atoms with E-state index in [1.807, 2.05) is 0 Å². The van der Waals surface area contributed by atoms with Crippen LogP contribution in [0.5, 0.6) is 0 Å². The molecule has 2 aliphatic rings. The van der Waals surface area contributed by atoms with Crippen LogP contribution >= 0.6 is 0 Å². The van der Waals surface area contributed by atoms with Gasteiger partial charge in [0.2, 0.25) is 0 Å². The summed E-state index contributed by atoms with van der Waals surface area (Å²) in [6.07, 6.45) is 8.68. The zero-order valence-corrected chi connectivity index (χ0v) is 14.2. The molecule has 0 radical (unpaired) electrons. The van der Waals surface area contributed by atoms with E-state index in [1.165, 1.54) is 37.8 Å². The lowest BCUT2D eigenvalue weighted by atomic mass is 9.70. The first-order chi connectivity index (χ1) is 9.19. The van der Waals surface area contributed by atoms with E-state index in [2.05, 4.69) is 58.3 Å². The largest absolute Gasteiger partial charge is 0.282 e. The minimum absolute atomic E-state index is 0.168. The zero-order valence-electron chi connectivity index (χ0n) is 14.2. The molecular weight excluding hydrogens is 244 g/mol. The Bertz CT molecular complexity index is 404. The van der Waals surface area contributed by atoms with Crippen LogP contribution in [0, 0.1) is 22.7 Å². The van der Waals surface area contributed by atoms with Crippen LogP contribution in [-0.2, 0) is 0 Å². The van der Waals surface area contributed by atoms with E-state index in [9.17, 15) is 0 Å². The van der Waals surface area contributed by atoms with Crippen LogP contribution in [0.25, 0.3) is 0 Å². The van der Waals surface area contributed by atoms with Gasteiger partial charge in [-0.15, -0.1) is 0 Å². The Kier molecular flexibility index (Phi) is 4.32. The number of hydrogen-bond acceptors (Lipinski definition) is 2. The Morgan fingerprint density at radius 1 is 1.05 bits per heavy atom. The average molecular weight is 276 g/mol. The third-order valence-corrected chi connectivity index (χ3v) is 5.00. The highest BCUT2D eigenvalue weighted by molar-refractivity contribution is 5.67. The zero-order chi connectivity index (χ0) is 15.0. The van der Waals surface area contributed by atoms with Crippen LogP contribution < -0.4 is 5.43 Å². The van der Waals surface area contributed by atoms with Gasteiger partial charge in [0, 0.05) is 23.2 Å². The molecule has 2 rings (SSSR count). The van der Waals surface area contributed by atoms with E-state index in [0.29, 0.717) is 11.3 Å². The Morgan fingerprint density at radius 3 is 2.35 bits per heavy atom. The lowest BCUT2D eigenvalue weighted by Crippen LogP contribution is -2.31. The van der Waals surface area contributed by atoms with Gasteiger partial charge in [-0.3, -0.25) is 5.43 Å². The first-order valence-electron chi connectivity index (χ1n) is 8.22. The summed E-state index contributed by atoms with van der Waals surface area (Å²) in [4.78, 5) is 0. The van der Waals surface area contributed by atoms with Crippen molar-refractivity contribution >= 4 is 6.21 Å². The summed E-state index contributed by atoms with van der Waals surface area (Å²) in [5.41, 5.74) is 6.91. The quantitative estimate of drug-likeness (QED) is 0.652. The number of hydrogen-bond donors (Lipinski definition) is 1. The van der Waals surface area contributed by atoms with Crippen molar-refractivity contribution in [2.45, 2.75) is 73.6 Å². The van der Waals surface area contributed by atoms with Crippen molar-refractivity contribution in [1.82, 2.24) is 5.43 Å². The van der Waals surface area contributed by atoms with E-state index in [4.69, 9.17) is 0 Å². The van der Waals surface area contributed by atoms with Gasteiger partial charge in [0.05, 0.1) is 0 Å². The Hall–Kier alpha value is -0.790. The SMILES string of the molecule is CC(C)(C)C1=C2CCC(C(C)(C)C)CCCC2C=NN1. The van der Waals surface area contributed by atoms with Crippen LogP contribution in [-0.4, -0.2) is 6.21 Å². The molecule has 2 nitrogen and oxygen atoms in total. The van der Waals surface area contributed by atoms with Gasteiger partial charge in [0.25, 0.3) is 0 Å². The Morgan fingerprint density at radius 2 is 1.75 bits per heavy atom. The summed E-state index contributed by atoms with van der Waals surface area (Å²) < 4.78 is 0. The van der Waals surface area contributed by atoms with Gasteiger partial charge < -0.3 is 0 Å². The van der Waals surface area contributed by atoms with Crippen molar-refractivity contribution in [2.24, 2.45) is 27.8 Å². The van der Waals surface area contributed by atoms with Crippen LogP contribution in [0.3, 0.4) is 0 Å². The predicted molar refractivity (Wildman–Crippen MR) is 87.6 cm³/mol. The van der Waals surface area contributed by atoms with Crippen molar-refractivity contribution in [3.8, 4) is 0 Å². The van der Waals surface area contributed by atoms with E-state index >= 15 is 0 Å². The minimum atomic E-state index is 0.168. The lowest BCUT2D eigenvalue weighted by molar-refractivity contribution is 0.197. The third-order valence-electron chi connectivity index (χ3n) is 5.00. The number of nitrogens with one attached hydrogen (secondary N) is 1. The third kappa shape index (κ3) is 3.45. The van der Waals surface area contributed by atoms with Crippen molar-refractivity contribution < 1.29 is 0 Å². The second-order valence-corrected chi connectivity index (χ2v) is 8.68. The molecule has 1 N–H and O–H groups in total. The summed E-state index contributed by atoms with van der Waals surface area (Å²) in [5.74, 6) is 1.42. The first-order valence-corrected chi connectivity index (χ1v) is 8.22. The monoisotopic (exact) mass is 276 g/mol. The molecule has 0 bridgehead atoms. The van der Waals surface area contributed by atoms with Crippen LogP contribution in [0.4, 0.5) is 0 Å². The summed E-state index contributed by atoms with van der Waals surface area (Å²) in [7, 11) is 0. The summed E-state index contributed by atoms with van der Waals surface area (Å²) in [6, 6.07) is 0. The molecule has 1 aliphatic carbocycles. The van der Waals surface area contributed by atoms with Crippen LogP contribution in [0.15, 0.2) is 16.4 Å². The maximum Gasteiger partial charge on any atom is 0.0387 e. The molecule has 2 atom stereocenters. The molecular formula is C18H32N2. The maximum absolute atomic E-state index is 4.42. The first kappa shape index (κ1) is 15.6. The van der Waals surface area contributed by atoms with Gasteiger partial charge in [-0.1, -0.05) is 48.0 Å². The van der Waals surface area contributed by atoms with Gasteiger partial charge >= 0.3 is 0 Å². The molecule has 0 amide bonds. The standard InChI is InChI=1S/C18H32N2/c1-17(2,3)14-9-7-8-13-12-19-20-16(18(4,5)6)15(13)11-10-14/h12-14,20H,7-11H2,1-6H3. The van der Waals surface area contributed by atoms with Crippen molar-refractivity contribution in [3.05, 3.63) is 11.3 Å². The number of rotatable bonds is 0. The van der Waals surface area contributed by atoms with E-state index in [-0.39, 0.29) is 5.41 Å². The smallest absolute Gasteiger partial charge is 0.0387 e. The minimum Gasteiger partial charge on any atom is -0.282 e. The van der Waals surface area contributed by atoms with Crippen molar-refractivity contribution in [2.75, 3.05) is 0 Å². The fraction of sp³-hybridized carbons (Fsp3) is 0.833. The molecule has 2 heteroatoms.